The summed E-state index contributed by atoms with van der Waals surface area (Å²) in [5.74, 6) is -0.178. The molecule has 1 aromatic rings. The first-order chi connectivity index (χ1) is 8.06. The molecular weight excluding hydrogens is 235 g/mol. The minimum Gasteiger partial charge on any atom is -0.405 e. The lowest BCUT2D eigenvalue weighted by Crippen LogP contribution is -2.35. The van der Waals surface area contributed by atoms with Gasteiger partial charge in [0.1, 0.15) is 5.75 Å². The lowest BCUT2D eigenvalue weighted by Gasteiger charge is -2.26. The fraction of sp³-hybridized carbons (Fsp3) is 0.455. The first kappa shape index (κ1) is 12.2. The topological polar surface area (TPSA) is 30.5 Å². The Morgan fingerprint density at radius 1 is 1.29 bits per heavy atom. The first-order valence-corrected chi connectivity index (χ1v) is 5.22. The predicted octanol–water partition coefficient (Wildman–Crippen LogP) is 2.25. The Kier molecular flexibility index (Phi) is 3.54. The Hall–Kier alpha value is -1.27. The molecule has 1 unspecified atom stereocenters. The van der Waals surface area contributed by atoms with Gasteiger partial charge in [-0.1, -0.05) is 18.2 Å². The molecule has 1 aliphatic rings. The van der Waals surface area contributed by atoms with E-state index in [-0.39, 0.29) is 11.8 Å². The van der Waals surface area contributed by atoms with Crippen LogP contribution in [0.15, 0.2) is 24.3 Å². The summed E-state index contributed by atoms with van der Waals surface area (Å²) in [5.41, 5.74) is 0.463. The van der Waals surface area contributed by atoms with Crippen molar-refractivity contribution in [3.63, 3.8) is 0 Å². The van der Waals surface area contributed by atoms with E-state index < -0.39 is 6.36 Å². The van der Waals surface area contributed by atoms with E-state index in [1.54, 1.807) is 12.1 Å². The molecule has 1 N–H and O–H groups in total. The van der Waals surface area contributed by atoms with Crippen LogP contribution in [0.5, 0.6) is 5.75 Å². The summed E-state index contributed by atoms with van der Waals surface area (Å²) in [7, 11) is 0. The molecule has 1 fully saturated rings. The summed E-state index contributed by atoms with van der Waals surface area (Å²) in [6, 6.07) is 5.83. The molecule has 1 atom stereocenters. The van der Waals surface area contributed by atoms with Crippen molar-refractivity contribution in [2.24, 2.45) is 0 Å². The summed E-state index contributed by atoms with van der Waals surface area (Å²) < 4.78 is 45.9. The summed E-state index contributed by atoms with van der Waals surface area (Å²) in [6.07, 6.45) is -4.67. The fourth-order valence-electron chi connectivity index (χ4n) is 1.75. The molecule has 3 nitrogen and oxygen atoms in total. The number of ether oxygens (including phenoxy) is 2. The smallest absolute Gasteiger partial charge is 0.405 e. The zero-order valence-electron chi connectivity index (χ0n) is 8.96. The Morgan fingerprint density at radius 2 is 2.06 bits per heavy atom. The minimum absolute atomic E-state index is 0.178. The highest BCUT2D eigenvalue weighted by Crippen LogP contribution is 2.30. The van der Waals surface area contributed by atoms with Crippen molar-refractivity contribution in [3.05, 3.63) is 29.8 Å². The fourth-order valence-corrected chi connectivity index (χ4v) is 1.75. The lowest BCUT2D eigenvalue weighted by molar-refractivity contribution is -0.275. The van der Waals surface area contributed by atoms with Crippen molar-refractivity contribution in [2.45, 2.75) is 12.4 Å². The van der Waals surface area contributed by atoms with Gasteiger partial charge < -0.3 is 14.8 Å². The molecule has 0 spiro atoms. The number of hydrogen-bond donors (Lipinski definition) is 1. The highest BCUT2D eigenvalue weighted by atomic mass is 19.4. The van der Waals surface area contributed by atoms with Crippen molar-refractivity contribution in [1.29, 1.82) is 0 Å². The minimum atomic E-state index is -4.67. The van der Waals surface area contributed by atoms with Crippen LogP contribution in [0.25, 0.3) is 0 Å². The summed E-state index contributed by atoms with van der Waals surface area (Å²) >= 11 is 0. The van der Waals surface area contributed by atoms with Crippen LogP contribution in [0.1, 0.15) is 11.6 Å². The van der Waals surface area contributed by atoms with Crippen LogP contribution in [-0.4, -0.2) is 26.1 Å². The maximum Gasteiger partial charge on any atom is 0.573 e. The Morgan fingerprint density at radius 3 is 2.71 bits per heavy atom. The van der Waals surface area contributed by atoms with Crippen molar-refractivity contribution in [1.82, 2.24) is 5.32 Å². The largest absolute Gasteiger partial charge is 0.573 e. The van der Waals surface area contributed by atoms with Crippen LogP contribution in [-0.2, 0) is 4.74 Å². The van der Waals surface area contributed by atoms with Gasteiger partial charge in [0.15, 0.2) is 0 Å². The molecule has 0 bridgehead atoms. The highest BCUT2D eigenvalue weighted by molar-refractivity contribution is 5.36. The molecule has 2 rings (SSSR count). The maximum atomic E-state index is 12.2. The summed E-state index contributed by atoms with van der Waals surface area (Å²) in [6.45, 7) is 1.53. The van der Waals surface area contributed by atoms with Gasteiger partial charge in [-0.2, -0.15) is 0 Å². The van der Waals surface area contributed by atoms with E-state index >= 15 is 0 Å². The van der Waals surface area contributed by atoms with E-state index in [4.69, 9.17) is 4.74 Å². The quantitative estimate of drug-likeness (QED) is 0.869. The van der Waals surface area contributed by atoms with E-state index in [0.29, 0.717) is 25.3 Å². The van der Waals surface area contributed by atoms with Gasteiger partial charge >= 0.3 is 6.36 Å². The second-order valence-corrected chi connectivity index (χ2v) is 3.67. The van der Waals surface area contributed by atoms with E-state index in [0.717, 1.165) is 0 Å². The SMILES string of the molecule is FC(F)(F)Oc1ccccc1C1COCCN1. The second-order valence-electron chi connectivity index (χ2n) is 3.67. The standard InChI is InChI=1S/C11H12F3NO2/c12-11(13,14)17-10-4-2-1-3-8(10)9-7-16-6-5-15-9/h1-4,9,15H,5-7H2. The van der Waals surface area contributed by atoms with Crippen LogP contribution < -0.4 is 10.1 Å². The van der Waals surface area contributed by atoms with Gasteiger partial charge in [0.25, 0.3) is 0 Å². The van der Waals surface area contributed by atoms with E-state index in [2.05, 4.69) is 10.1 Å². The number of alkyl halides is 3. The van der Waals surface area contributed by atoms with Gasteiger partial charge in [0.05, 0.1) is 19.3 Å². The molecular formula is C11H12F3NO2. The van der Waals surface area contributed by atoms with E-state index in [1.807, 2.05) is 0 Å². The van der Waals surface area contributed by atoms with Gasteiger partial charge in [0.2, 0.25) is 0 Å². The average Bonchev–Trinajstić information content (AvgIpc) is 2.29. The third kappa shape index (κ3) is 3.34. The van der Waals surface area contributed by atoms with Crippen LogP contribution in [0.4, 0.5) is 13.2 Å². The molecule has 1 aromatic carbocycles. The molecule has 94 valence electrons. The predicted molar refractivity (Wildman–Crippen MR) is 54.7 cm³/mol. The molecule has 1 saturated heterocycles. The molecule has 0 amide bonds. The number of halogens is 3. The van der Waals surface area contributed by atoms with E-state index in [1.165, 1.54) is 12.1 Å². The number of rotatable bonds is 2. The lowest BCUT2D eigenvalue weighted by atomic mass is 10.1. The highest BCUT2D eigenvalue weighted by Gasteiger charge is 2.33. The van der Waals surface area contributed by atoms with E-state index in [9.17, 15) is 13.2 Å². The molecule has 0 aliphatic carbocycles. The van der Waals surface area contributed by atoms with Crippen LogP contribution >= 0.6 is 0 Å². The van der Waals surface area contributed by atoms with Crippen LogP contribution in [0.2, 0.25) is 0 Å². The average molecular weight is 247 g/mol. The van der Waals surface area contributed by atoms with Crippen molar-refractivity contribution in [2.75, 3.05) is 19.8 Å². The molecule has 0 saturated carbocycles. The molecule has 17 heavy (non-hydrogen) atoms. The van der Waals surface area contributed by atoms with Crippen LogP contribution in [0.3, 0.4) is 0 Å². The normalized spacial score (nSPS) is 21.2. The van der Waals surface area contributed by atoms with Crippen LogP contribution in [0, 0.1) is 0 Å². The summed E-state index contributed by atoms with van der Waals surface area (Å²) in [5, 5.41) is 3.09. The third-order valence-corrected chi connectivity index (χ3v) is 2.44. The monoisotopic (exact) mass is 247 g/mol. The van der Waals surface area contributed by atoms with Gasteiger partial charge in [-0.25, -0.2) is 0 Å². The van der Waals surface area contributed by atoms with Gasteiger partial charge in [-0.15, -0.1) is 13.2 Å². The second kappa shape index (κ2) is 4.93. The number of hydrogen-bond acceptors (Lipinski definition) is 3. The van der Waals surface area contributed by atoms with Gasteiger partial charge in [-0.3, -0.25) is 0 Å². The molecule has 1 aliphatic heterocycles. The molecule has 1 heterocycles. The number of para-hydroxylation sites is 1. The Balaban J connectivity index is 2.20. The maximum absolute atomic E-state index is 12.2. The zero-order chi connectivity index (χ0) is 12.3. The molecule has 6 heteroatoms. The zero-order valence-corrected chi connectivity index (χ0v) is 8.96. The first-order valence-electron chi connectivity index (χ1n) is 5.22. The Labute approximate surface area is 96.5 Å². The van der Waals surface area contributed by atoms with Crippen molar-refractivity contribution in [3.8, 4) is 5.75 Å². The molecule has 0 radical (unpaired) electrons. The molecule has 0 aromatic heterocycles. The van der Waals surface area contributed by atoms with Gasteiger partial charge in [0, 0.05) is 12.1 Å². The van der Waals surface area contributed by atoms with Crippen molar-refractivity contribution >= 4 is 0 Å². The third-order valence-electron chi connectivity index (χ3n) is 2.44. The van der Waals surface area contributed by atoms with Crippen molar-refractivity contribution < 1.29 is 22.6 Å². The number of benzene rings is 1. The Bertz CT molecular complexity index is 375. The number of nitrogens with one attached hydrogen (secondary N) is 1. The number of morpholine rings is 1. The summed E-state index contributed by atoms with van der Waals surface area (Å²) in [4.78, 5) is 0. The van der Waals surface area contributed by atoms with Gasteiger partial charge in [-0.05, 0) is 6.07 Å².